The number of para-hydroxylation sites is 1. The maximum absolute atomic E-state index is 12.5. The van der Waals surface area contributed by atoms with Crippen LogP contribution in [0.2, 0.25) is 0 Å². The van der Waals surface area contributed by atoms with Crippen LogP contribution in [-0.4, -0.2) is 12.5 Å². The number of nitrogens with one attached hydrogen (secondary N) is 1. The van der Waals surface area contributed by atoms with Crippen LogP contribution in [0.5, 0.6) is 5.75 Å². The number of benzene rings is 2. The first-order valence-electron chi connectivity index (χ1n) is 10.1. The van der Waals surface area contributed by atoms with E-state index in [2.05, 4.69) is 70.3 Å². The van der Waals surface area contributed by atoms with Gasteiger partial charge >= 0.3 is 0 Å². The molecule has 1 amide bonds. The lowest BCUT2D eigenvalue weighted by Crippen LogP contribution is -2.16. The first-order chi connectivity index (χ1) is 12.9. The number of aryl methyl sites for hydroxylation is 1. The summed E-state index contributed by atoms with van der Waals surface area (Å²) in [7, 11) is 0. The third kappa shape index (κ3) is 6.13. The Hall–Kier alpha value is -2.29. The van der Waals surface area contributed by atoms with Crippen LogP contribution >= 0.6 is 0 Å². The molecule has 0 heterocycles. The molecule has 0 aromatic heterocycles. The second kappa shape index (κ2) is 10.1. The highest BCUT2D eigenvalue weighted by molar-refractivity contribution is 5.92. The average Bonchev–Trinajstić information content (AvgIpc) is 2.65. The second-order valence-corrected chi connectivity index (χ2v) is 7.62. The topological polar surface area (TPSA) is 38.3 Å². The van der Waals surface area contributed by atoms with E-state index in [1.807, 2.05) is 12.1 Å². The zero-order chi connectivity index (χ0) is 19.8. The van der Waals surface area contributed by atoms with Gasteiger partial charge in [0.25, 0.3) is 0 Å². The first-order valence-corrected chi connectivity index (χ1v) is 10.1. The molecule has 3 nitrogen and oxygen atoms in total. The number of carbonyl (C=O) groups excluding carboxylic acids is 1. The molecule has 0 saturated carbocycles. The number of ether oxygens (including phenoxy) is 1. The minimum absolute atomic E-state index is 0.0509. The van der Waals surface area contributed by atoms with E-state index in [0.717, 1.165) is 17.9 Å². The van der Waals surface area contributed by atoms with Crippen LogP contribution in [0.4, 0.5) is 5.69 Å². The summed E-state index contributed by atoms with van der Waals surface area (Å²) in [6.07, 6.45) is 2.18. The van der Waals surface area contributed by atoms with Crippen molar-refractivity contribution in [2.24, 2.45) is 0 Å². The maximum Gasteiger partial charge on any atom is 0.224 e. The molecule has 0 bridgehead atoms. The molecular formula is C24H33NO2. The fraction of sp³-hybridized carbons (Fsp3) is 0.458. The molecule has 1 N–H and O–H groups in total. The van der Waals surface area contributed by atoms with Gasteiger partial charge in [-0.25, -0.2) is 0 Å². The largest absolute Gasteiger partial charge is 0.494 e. The first kappa shape index (κ1) is 21.0. The predicted molar refractivity (Wildman–Crippen MR) is 114 cm³/mol. The lowest BCUT2D eigenvalue weighted by atomic mass is 9.92. The Morgan fingerprint density at radius 3 is 2.07 bits per heavy atom. The highest BCUT2D eigenvalue weighted by Gasteiger charge is 2.15. The minimum atomic E-state index is 0.0509. The van der Waals surface area contributed by atoms with Gasteiger partial charge in [0.2, 0.25) is 5.91 Å². The van der Waals surface area contributed by atoms with Crippen LogP contribution in [0.1, 0.15) is 76.0 Å². The van der Waals surface area contributed by atoms with Crippen molar-refractivity contribution in [1.82, 2.24) is 0 Å². The Bertz CT molecular complexity index is 706. The molecule has 2 aromatic carbocycles. The molecule has 0 atom stereocenters. The van der Waals surface area contributed by atoms with Crippen molar-refractivity contribution in [3.8, 4) is 5.75 Å². The van der Waals surface area contributed by atoms with Gasteiger partial charge in [0.1, 0.15) is 5.75 Å². The Balaban J connectivity index is 1.90. The number of carbonyl (C=O) groups is 1. The van der Waals surface area contributed by atoms with E-state index < -0.39 is 0 Å². The molecule has 2 aromatic rings. The fourth-order valence-electron chi connectivity index (χ4n) is 3.14. The second-order valence-electron chi connectivity index (χ2n) is 7.62. The van der Waals surface area contributed by atoms with Gasteiger partial charge in [-0.15, -0.1) is 0 Å². The maximum atomic E-state index is 12.5. The average molecular weight is 368 g/mol. The van der Waals surface area contributed by atoms with E-state index >= 15 is 0 Å². The van der Waals surface area contributed by atoms with Crippen molar-refractivity contribution in [3.63, 3.8) is 0 Å². The zero-order valence-corrected chi connectivity index (χ0v) is 17.3. The standard InChI is InChI=1S/C24H33NO2/c1-6-19-12-14-20(15-13-19)27-16-8-11-23(26)25-24-21(17(2)3)9-7-10-22(24)18(4)5/h7,9-10,12-15,17-18H,6,8,11,16H2,1-5H3,(H,25,26). The van der Waals surface area contributed by atoms with Crippen molar-refractivity contribution in [1.29, 1.82) is 0 Å². The normalized spacial score (nSPS) is 11.1. The molecule has 27 heavy (non-hydrogen) atoms. The van der Waals surface area contributed by atoms with E-state index in [1.165, 1.54) is 16.7 Å². The van der Waals surface area contributed by atoms with Crippen molar-refractivity contribution in [2.75, 3.05) is 11.9 Å². The molecule has 0 fully saturated rings. The predicted octanol–water partition coefficient (Wildman–Crippen LogP) is 6.29. The third-order valence-electron chi connectivity index (χ3n) is 4.79. The van der Waals surface area contributed by atoms with Crippen LogP contribution in [0.3, 0.4) is 0 Å². The fourth-order valence-corrected chi connectivity index (χ4v) is 3.14. The Morgan fingerprint density at radius 2 is 1.56 bits per heavy atom. The summed E-state index contributed by atoms with van der Waals surface area (Å²) >= 11 is 0. The lowest BCUT2D eigenvalue weighted by Gasteiger charge is -2.20. The summed E-state index contributed by atoms with van der Waals surface area (Å²) in [4.78, 5) is 12.5. The van der Waals surface area contributed by atoms with Gasteiger partial charge in [-0.1, -0.05) is 65.0 Å². The molecule has 3 heteroatoms. The minimum Gasteiger partial charge on any atom is -0.494 e. The molecule has 0 spiro atoms. The molecular weight excluding hydrogens is 334 g/mol. The highest BCUT2D eigenvalue weighted by Crippen LogP contribution is 2.32. The van der Waals surface area contributed by atoms with Crippen LogP contribution < -0.4 is 10.1 Å². The van der Waals surface area contributed by atoms with Gasteiger partial charge in [0.15, 0.2) is 0 Å². The van der Waals surface area contributed by atoms with Crippen molar-refractivity contribution in [3.05, 3.63) is 59.2 Å². The number of anilines is 1. The Kier molecular flexibility index (Phi) is 7.90. The van der Waals surface area contributed by atoms with Gasteiger partial charge in [0.05, 0.1) is 6.61 Å². The summed E-state index contributed by atoms with van der Waals surface area (Å²) in [5.74, 6) is 1.65. The molecule has 0 aliphatic heterocycles. The van der Waals surface area contributed by atoms with Crippen LogP contribution in [0.15, 0.2) is 42.5 Å². The zero-order valence-electron chi connectivity index (χ0n) is 17.3. The van der Waals surface area contributed by atoms with Crippen LogP contribution in [0.25, 0.3) is 0 Å². The van der Waals surface area contributed by atoms with Crippen molar-refractivity contribution < 1.29 is 9.53 Å². The van der Waals surface area contributed by atoms with E-state index in [-0.39, 0.29) is 5.91 Å². The monoisotopic (exact) mass is 367 g/mol. The number of hydrogen-bond acceptors (Lipinski definition) is 2. The van der Waals surface area contributed by atoms with Crippen molar-refractivity contribution in [2.45, 2.75) is 65.7 Å². The number of amides is 1. The molecule has 2 rings (SSSR count). The van der Waals surface area contributed by atoms with Gasteiger partial charge < -0.3 is 10.1 Å². The summed E-state index contributed by atoms with van der Waals surface area (Å²) in [6, 6.07) is 14.4. The van der Waals surface area contributed by atoms with Gasteiger partial charge in [-0.3, -0.25) is 4.79 Å². The summed E-state index contributed by atoms with van der Waals surface area (Å²) in [5.41, 5.74) is 4.68. The van der Waals surface area contributed by atoms with E-state index in [0.29, 0.717) is 31.3 Å². The Morgan fingerprint density at radius 1 is 0.963 bits per heavy atom. The third-order valence-corrected chi connectivity index (χ3v) is 4.79. The quantitative estimate of drug-likeness (QED) is 0.529. The number of hydrogen-bond donors (Lipinski definition) is 1. The number of rotatable bonds is 9. The summed E-state index contributed by atoms with van der Waals surface area (Å²) in [5, 5.41) is 3.16. The Labute approximate surface area is 164 Å². The molecule has 0 aliphatic carbocycles. The van der Waals surface area contributed by atoms with Gasteiger partial charge in [-0.2, -0.15) is 0 Å². The lowest BCUT2D eigenvalue weighted by molar-refractivity contribution is -0.116. The summed E-state index contributed by atoms with van der Waals surface area (Å²) in [6.45, 7) is 11.3. The van der Waals surface area contributed by atoms with Crippen LogP contribution in [0, 0.1) is 0 Å². The van der Waals surface area contributed by atoms with E-state index in [9.17, 15) is 4.79 Å². The van der Waals surface area contributed by atoms with Crippen LogP contribution in [-0.2, 0) is 11.2 Å². The van der Waals surface area contributed by atoms with E-state index in [1.54, 1.807) is 0 Å². The molecule has 146 valence electrons. The molecule has 0 aliphatic rings. The molecule has 0 unspecified atom stereocenters. The van der Waals surface area contributed by atoms with Gasteiger partial charge in [0, 0.05) is 12.1 Å². The van der Waals surface area contributed by atoms with Crippen molar-refractivity contribution >= 4 is 11.6 Å². The SMILES string of the molecule is CCc1ccc(OCCCC(=O)Nc2c(C(C)C)cccc2C(C)C)cc1. The van der Waals surface area contributed by atoms with E-state index in [4.69, 9.17) is 4.74 Å². The molecule has 0 saturated heterocycles. The summed E-state index contributed by atoms with van der Waals surface area (Å²) < 4.78 is 5.75. The molecule has 0 radical (unpaired) electrons. The van der Waals surface area contributed by atoms with Gasteiger partial charge in [-0.05, 0) is 53.5 Å². The smallest absolute Gasteiger partial charge is 0.224 e. The highest BCUT2D eigenvalue weighted by atomic mass is 16.5.